The second-order valence-corrected chi connectivity index (χ2v) is 6.66. The highest BCUT2D eigenvalue weighted by Gasteiger charge is 2.21. The van der Waals surface area contributed by atoms with E-state index in [1.54, 1.807) is 39.1 Å². The number of halogens is 2. The Bertz CT molecular complexity index is 704. The number of benzene rings is 1. The highest BCUT2D eigenvalue weighted by Crippen LogP contribution is 2.29. The molecule has 0 saturated heterocycles. The third kappa shape index (κ3) is 3.68. The molecule has 0 aliphatic carbocycles. The number of ether oxygens (including phenoxy) is 2. The smallest absolute Gasteiger partial charge is 0.419 e. The fourth-order valence-electron chi connectivity index (χ4n) is 1.94. The highest BCUT2D eigenvalue weighted by molar-refractivity contribution is 9.10. The molecule has 0 saturated carbocycles. The third-order valence-electron chi connectivity index (χ3n) is 2.82. The molecule has 0 unspecified atom stereocenters. The van der Waals surface area contributed by atoms with Gasteiger partial charge in [-0.05, 0) is 61.0 Å². The van der Waals surface area contributed by atoms with Crippen LogP contribution in [0.2, 0.25) is 0 Å². The van der Waals surface area contributed by atoms with Crippen LogP contribution in [0.1, 0.15) is 20.8 Å². The van der Waals surface area contributed by atoms with Gasteiger partial charge in [-0.25, -0.2) is 9.18 Å². The van der Waals surface area contributed by atoms with Crippen LogP contribution in [0.3, 0.4) is 0 Å². The molecule has 0 fully saturated rings. The van der Waals surface area contributed by atoms with Crippen LogP contribution in [-0.2, 0) is 4.74 Å². The van der Waals surface area contributed by atoms with Crippen LogP contribution >= 0.6 is 15.9 Å². The number of methoxy groups -OCH3 is 1. The summed E-state index contributed by atoms with van der Waals surface area (Å²) in [6, 6.07) is 6.25. The van der Waals surface area contributed by atoms with Crippen LogP contribution in [0.25, 0.3) is 11.3 Å². The topological polar surface area (TPSA) is 40.5 Å². The molecule has 1 heterocycles. The van der Waals surface area contributed by atoms with E-state index in [-0.39, 0.29) is 5.75 Å². The Morgan fingerprint density at radius 2 is 1.95 bits per heavy atom. The summed E-state index contributed by atoms with van der Waals surface area (Å²) in [6.07, 6.45) is 1.07. The molecule has 0 aliphatic heterocycles. The van der Waals surface area contributed by atoms with Crippen molar-refractivity contribution >= 4 is 22.0 Å². The predicted molar refractivity (Wildman–Crippen MR) is 85.7 cm³/mol. The second-order valence-electron chi connectivity index (χ2n) is 5.74. The zero-order valence-corrected chi connectivity index (χ0v) is 14.4. The minimum Gasteiger partial charge on any atom is -0.494 e. The Kier molecular flexibility index (Phi) is 4.60. The standard InChI is InChI=1S/C16H17BrFNO3/c1-16(2,3)22-15(20)19-9-11(17)8-13(19)10-5-6-14(21-4)12(18)7-10/h5-9H,1-4H3. The molecule has 22 heavy (non-hydrogen) atoms. The molecule has 0 aliphatic rings. The van der Waals surface area contributed by atoms with Crippen molar-refractivity contribution < 1.29 is 18.7 Å². The summed E-state index contributed by atoms with van der Waals surface area (Å²) < 4.78 is 26.2. The molecule has 0 radical (unpaired) electrons. The van der Waals surface area contributed by atoms with Gasteiger partial charge in [0.25, 0.3) is 0 Å². The summed E-state index contributed by atoms with van der Waals surface area (Å²) in [5, 5.41) is 0. The molecule has 1 aromatic heterocycles. The summed E-state index contributed by atoms with van der Waals surface area (Å²) in [5.41, 5.74) is 0.466. The number of nitrogens with zero attached hydrogens (tertiary/aromatic N) is 1. The van der Waals surface area contributed by atoms with Crippen molar-refractivity contribution in [1.82, 2.24) is 4.57 Å². The van der Waals surface area contributed by atoms with Crippen LogP contribution in [0.5, 0.6) is 5.75 Å². The van der Waals surface area contributed by atoms with Crippen molar-refractivity contribution in [3.8, 4) is 17.0 Å². The highest BCUT2D eigenvalue weighted by atomic mass is 79.9. The van der Waals surface area contributed by atoms with Crippen molar-refractivity contribution in [1.29, 1.82) is 0 Å². The maximum atomic E-state index is 13.9. The second kappa shape index (κ2) is 6.12. The lowest BCUT2D eigenvalue weighted by molar-refractivity contribution is 0.0540. The molecule has 118 valence electrons. The first-order valence-corrected chi connectivity index (χ1v) is 7.46. The van der Waals surface area contributed by atoms with Crippen LogP contribution in [-0.4, -0.2) is 23.4 Å². The van der Waals surface area contributed by atoms with E-state index in [0.717, 1.165) is 0 Å². The first-order chi connectivity index (χ1) is 10.2. The van der Waals surface area contributed by atoms with E-state index in [2.05, 4.69) is 15.9 Å². The fourth-order valence-corrected chi connectivity index (χ4v) is 2.36. The largest absolute Gasteiger partial charge is 0.494 e. The van der Waals surface area contributed by atoms with Crippen LogP contribution in [0.15, 0.2) is 34.9 Å². The van der Waals surface area contributed by atoms with E-state index >= 15 is 0 Å². The number of carbonyl (C=O) groups is 1. The Hall–Kier alpha value is -1.82. The lowest BCUT2D eigenvalue weighted by atomic mass is 10.1. The van der Waals surface area contributed by atoms with E-state index in [1.165, 1.54) is 23.8 Å². The van der Waals surface area contributed by atoms with Crippen molar-refractivity contribution in [2.24, 2.45) is 0 Å². The number of hydrogen-bond acceptors (Lipinski definition) is 3. The summed E-state index contributed by atoms with van der Waals surface area (Å²) in [4.78, 5) is 12.3. The molecule has 0 atom stereocenters. The normalized spacial score (nSPS) is 11.4. The van der Waals surface area contributed by atoms with Gasteiger partial charge in [-0.3, -0.25) is 4.57 Å². The SMILES string of the molecule is COc1ccc(-c2cc(Br)cn2C(=O)OC(C)(C)C)cc1F. The average molecular weight is 370 g/mol. The van der Waals surface area contributed by atoms with Crippen LogP contribution in [0.4, 0.5) is 9.18 Å². The molecule has 1 aromatic carbocycles. The van der Waals surface area contributed by atoms with Crippen molar-refractivity contribution in [2.75, 3.05) is 7.11 Å². The maximum Gasteiger partial charge on any atom is 0.419 e. The summed E-state index contributed by atoms with van der Waals surface area (Å²) in [7, 11) is 1.40. The lowest BCUT2D eigenvalue weighted by Gasteiger charge is -2.20. The number of aromatic nitrogens is 1. The summed E-state index contributed by atoms with van der Waals surface area (Å²) >= 11 is 3.33. The van der Waals surface area contributed by atoms with Gasteiger partial charge in [-0.15, -0.1) is 0 Å². The van der Waals surface area contributed by atoms with Gasteiger partial charge in [0, 0.05) is 16.2 Å². The van der Waals surface area contributed by atoms with Crippen molar-refractivity contribution in [3.05, 3.63) is 40.8 Å². The molecule has 2 aromatic rings. The molecular weight excluding hydrogens is 353 g/mol. The minimum absolute atomic E-state index is 0.151. The van der Waals surface area contributed by atoms with Gasteiger partial charge >= 0.3 is 6.09 Å². The van der Waals surface area contributed by atoms with Gasteiger partial charge in [-0.1, -0.05) is 0 Å². The third-order valence-corrected chi connectivity index (χ3v) is 3.26. The Labute approximate surface area is 137 Å². The Balaban J connectivity index is 2.44. The van der Waals surface area contributed by atoms with Gasteiger partial charge < -0.3 is 9.47 Å². The molecule has 0 bridgehead atoms. The zero-order valence-electron chi connectivity index (χ0n) is 12.8. The van der Waals surface area contributed by atoms with Gasteiger partial charge in [0.15, 0.2) is 11.6 Å². The first-order valence-electron chi connectivity index (χ1n) is 6.66. The van der Waals surface area contributed by atoms with Gasteiger partial charge in [0.1, 0.15) is 5.60 Å². The fraction of sp³-hybridized carbons (Fsp3) is 0.312. The van der Waals surface area contributed by atoms with Crippen LogP contribution in [0, 0.1) is 5.82 Å². The molecule has 6 heteroatoms. The van der Waals surface area contributed by atoms with E-state index in [1.807, 2.05) is 0 Å². The van der Waals surface area contributed by atoms with Gasteiger partial charge in [-0.2, -0.15) is 0 Å². The lowest BCUT2D eigenvalue weighted by Crippen LogP contribution is -2.27. The molecular formula is C16H17BrFNO3. The van der Waals surface area contributed by atoms with Crippen molar-refractivity contribution in [2.45, 2.75) is 26.4 Å². The Morgan fingerprint density at radius 1 is 1.27 bits per heavy atom. The number of rotatable bonds is 2. The Morgan fingerprint density at radius 3 is 2.50 bits per heavy atom. The molecule has 0 N–H and O–H groups in total. The number of carbonyl (C=O) groups excluding carboxylic acids is 1. The first kappa shape index (κ1) is 16.5. The maximum absolute atomic E-state index is 13.9. The monoisotopic (exact) mass is 369 g/mol. The van der Waals surface area contributed by atoms with E-state index in [4.69, 9.17) is 9.47 Å². The number of hydrogen-bond donors (Lipinski definition) is 0. The average Bonchev–Trinajstić information content (AvgIpc) is 2.79. The molecule has 4 nitrogen and oxygen atoms in total. The van der Waals surface area contributed by atoms with E-state index < -0.39 is 17.5 Å². The van der Waals surface area contributed by atoms with Gasteiger partial charge in [0.2, 0.25) is 0 Å². The minimum atomic E-state index is -0.615. The van der Waals surface area contributed by atoms with Gasteiger partial charge in [0.05, 0.1) is 12.8 Å². The summed E-state index contributed by atoms with van der Waals surface area (Å²) in [5.74, 6) is -0.341. The van der Waals surface area contributed by atoms with E-state index in [0.29, 0.717) is 15.7 Å². The van der Waals surface area contributed by atoms with Crippen LogP contribution < -0.4 is 4.74 Å². The van der Waals surface area contributed by atoms with Crippen molar-refractivity contribution in [3.63, 3.8) is 0 Å². The molecule has 0 spiro atoms. The zero-order chi connectivity index (χ0) is 16.5. The quantitative estimate of drug-likeness (QED) is 0.759. The summed E-state index contributed by atoms with van der Waals surface area (Å²) in [6.45, 7) is 5.36. The molecule has 0 amide bonds. The molecule has 2 rings (SSSR count). The van der Waals surface area contributed by atoms with E-state index in [9.17, 15) is 9.18 Å². The predicted octanol–water partition coefficient (Wildman–Crippen LogP) is 4.85.